The van der Waals surface area contributed by atoms with Gasteiger partial charge < -0.3 is 15.4 Å². The van der Waals surface area contributed by atoms with Gasteiger partial charge in [0.05, 0.1) is 20.2 Å². The van der Waals surface area contributed by atoms with Gasteiger partial charge in [-0.15, -0.1) is 35.3 Å². The minimum Gasteiger partial charge on any atom is -0.481 e. The fourth-order valence-electron chi connectivity index (χ4n) is 1.92. The van der Waals surface area contributed by atoms with E-state index in [4.69, 9.17) is 4.74 Å². The molecule has 6 nitrogen and oxygen atoms in total. The molecule has 2 aromatic rings. The van der Waals surface area contributed by atoms with Crippen LogP contribution in [0.15, 0.2) is 28.7 Å². The second kappa shape index (κ2) is 10.5. The highest BCUT2D eigenvalue weighted by atomic mass is 127. The van der Waals surface area contributed by atoms with Crippen LogP contribution < -0.4 is 15.4 Å². The van der Waals surface area contributed by atoms with Gasteiger partial charge in [-0.3, -0.25) is 0 Å². The predicted octanol–water partition coefficient (Wildman–Crippen LogP) is 3.44. The zero-order valence-corrected chi connectivity index (χ0v) is 17.3. The van der Waals surface area contributed by atoms with Crippen molar-refractivity contribution >= 4 is 41.3 Å². The van der Waals surface area contributed by atoms with Crippen LogP contribution in [0.25, 0.3) is 0 Å². The predicted molar refractivity (Wildman–Crippen MR) is 105 cm³/mol. The number of guanidine groups is 1. The van der Waals surface area contributed by atoms with Gasteiger partial charge in [-0.2, -0.15) is 13.2 Å². The van der Waals surface area contributed by atoms with Crippen molar-refractivity contribution in [2.75, 3.05) is 13.7 Å². The number of hydrogen-bond acceptors (Lipinski definition) is 5. The molecule has 0 atom stereocenters. The molecule has 0 saturated heterocycles. The second-order valence-corrected chi connectivity index (χ2v) is 5.79. The molecule has 0 fully saturated rings. The van der Waals surface area contributed by atoms with E-state index in [1.165, 1.54) is 7.11 Å². The molecule has 2 rings (SSSR count). The second-order valence-electron chi connectivity index (χ2n) is 4.84. The van der Waals surface area contributed by atoms with Gasteiger partial charge in [-0.05, 0) is 13.0 Å². The zero-order valence-electron chi connectivity index (χ0n) is 14.1. The summed E-state index contributed by atoms with van der Waals surface area (Å²) in [6.07, 6.45) is -2.81. The Morgan fingerprint density at radius 2 is 2.12 bits per heavy atom. The number of alkyl halides is 3. The summed E-state index contributed by atoms with van der Waals surface area (Å²) in [4.78, 5) is 12.1. The third-order valence-electron chi connectivity index (χ3n) is 3.04. The molecule has 0 unspecified atom stereocenters. The van der Waals surface area contributed by atoms with Crippen molar-refractivity contribution in [2.45, 2.75) is 26.2 Å². The van der Waals surface area contributed by atoms with Crippen molar-refractivity contribution in [1.82, 2.24) is 20.6 Å². The van der Waals surface area contributed by atoms with Crippen molar-refractivity contribution in [3.05, 3.63) is 40.0 Å². The largest absolute Gasteiger partial charge is 0.481 e. The molecule has 0 saturated carbocycles. The van der Waals surface area contributed by atoms with E-state index >= 15 is 0 Å². The number of hydrogen-bond donors (Lipinski definition) is 2. The average Bonchev–Trinajstić information content (AvgIpc) is 3.07. The monoisotopic (exact) mass is 501 g/mol. The van der Waals surface area contributed by atoms with Crippen LogP contribution in [0.3, 0.4) is 0 Å². The summed E-state index contributed by atoms with van der Waals surface area (Å²) in [5.41, 5.74) is -0.0767. The minimum absolute atomic E-state index is 0. The number of aromatic nitrogens is 2. The van der Waals surface area contributed by atoms with E-state index in [1.807, 2.05) is 13.0 Å². The molecule has 2 aromatic heterocycles. The lowest BCUT2D eigenvalue weighted by Crippen LogP contribution is -2.36. The van der Waals surface area contributed by atoms with Gasteiger partial charge in [0, 0.05) is 23.7 Å². The Hall–Kier alpha value is -1.63. The van der Waals surface area contributed by atoms with Crippen molar-refractivity contribution in [1.29, 1.82) is 0 Å². The van der Waals surface area contributed by atoms with E-state index in [-0.39, 0.29) is 30.5 Å². The molecule has 144 valence electrons. The highest BCUT2D eigenvalue weighted by molar-refractivity contribution is 14.0. The Morgan fingerprint density at radius 1 is 1.35 bits per heavy atom. The molecule has 2 heterocycles. The molecule has 0 bridgehead atoms. The first-order chi connectivity index (χ1) is 11.9. The van der Waals surface area contributed by atoms with Crippen LogP contribution in [0.5, 0.6) is 5.88 Å². The first kappa shape index (κ1) is 22.4. The Balaban J connectivity index is 0.00000338. The fraction of sp³-hybridized carbons (Fsp3) is 0.400. The molecule has 0 aliphatic carbocycles. The van der Waals surface area contributed by atoms with Crippen LogP contribution in [0.1, 0.15) is 23.2 Å². The normalized spacial score (nSPS) is 11.7. The van der Waals surface area contributed by atoms with Gasteiger partial charge in [-0.25, -0.2) is 15.0 Å². The number of nitrogens with one attached hydrogen (secondary N) is 2. The van der Waals surface area contributed by atoms with Gasteiger partial charge >= 0.3 is 6.18 Å². The Labute approximate surface area is 170 Å². The third kappa shape index (κ3) is 6.59. The maximum Gasteiger partial charge on any atom is 0.434 e. The van der Waals surface area contributed by atoms with E-state index in [1.54, 1.807) is 12.3 Å². The Kier molecular flexibility index (Phi) is 9.05. The molecule has 0 aliphatic heterocycles. The maximum atomic E-state index is 12.6. The van der Waals surface area contributed by atoms with Gasteiger partial charge in [0.15, 0.2) is 11.7 Å². The molecule has 2 N–H and O–H groups in total. The zero-order chi connectivity index (χ0) is 18.3. The maximum absolute atomic E-state index is 12.6. The van der Waals surface area contributed by atoms with Crippen LogP contribution in [0.4, 0.5) is 13.2 Å². The number of halogens is 4. The highest BCUT2D eigenvalue weighted by Crippen LogP contribution is 2.29. The number of rotatable bonds is 6. The topological polar surface area (TPSA) is 71.4 Å². The summed E-state index contributed by atoms with van der Waals surface area (Å²) in [6, 6.07) is 3.62. The van der Waals surface area contributed by atoms with Gasteiger partial charge in [0.1, 0.15) is 5.01 Å². The highest BCUT2D eigenvalue weighted by Gasteiger charge is 2.33. The molecule has 26 heavy (non-hydrogen) atoms. The van der Waals surface area contributed by atoms with Crippen LogP contribution >= 0.6 is 35.3 Å². The van der Waals surface area contributed by atoms with E-state index in [0.29, 0.717) is 29.9 Å². The van der Waals surface area contributed by atoms with Gasteiger partial charge in [0.2, 0.25) is 5.88 Å². The van der Waals surface area contributed by atoms with Crippen molar-refractivity contribution in [3.8, 4) is 5.88 Å². The summed E-state index contributed by atoms with van der Waals surface area (Å²) < 4.78 is 42.9. The minimum atomic E-state index is -4.43. The number of thiazole rings is 1. The molecule has 0 spiro atoms. The summed E-state index contributed by atoms with van der Waals surface area (Å²) in [5, 5.41) is 7.33. The van der Waals surface area contributed by atoms with Crippen LogP contribution in [-0.2, 0) is 19.3 Å². The summed E-state index contributed by atoms with van der Waals surface area (Å²) in [6.45, 7) is 2.98. The van der Waals surface area contributed by atoms with Gasteiger partial charge in [0.25, 0.3) is 0 Å². The lowest BCUT2D eigenvalue weighted by molar-refractivity contribution is -0.140. The van der Waals surface area contributed by atoms with Crippen molar-refractivity contribution in [2.24, 2.45) is 4.99 Å². The molecule has 0 aromatic carbocycles. The molecule has 0 aliphatic rings. The van der Waals surface area contributed by atoms with Gasteiger partial charge in [-0.1, -0.05) is 6.07 Å². The first-order valence-corrected chi connectivity index (χ1v) is 8.33. The van der Waals surface area contributed by atoms with Crippen LogP contribution in [0.2, 0.25) is 0 Å². The Bertz CT molecular complexity index is 723. The summed E-state index contributed by atoms with van der Waals surface area (Å²) in [5.74, 6) is 0.953. The molecule has 0 amide bonds. The standard InChI is InChI=1S/C15H18F3N5OS.HI/c1-3-19-14(21-7-10-5-4-6-20-13(10)24-2)22-8-12-23-11(9-25-12)15(16,17)18;/h4-6,9H,3,7-8H2,1-2H3,(H2,19,21,22);1H. The number of ether oxygens (including phenoxy) is 1. The van der Waals surface area contributed by atoms with E-state index in [9.17, 15) is 13.2 Å². The van der Waals surface area contributed by atoms with E-state index in [2.05, 4.69) is 25.6 Å². The van der Waals surface area contributed by atoms with Crippen LogP contribution in [-0.4, -0.2) is 29.6 Å². The first-order valence-electron chi connectivity index (χ1n) is 7.45. The Morgan fingerprint density at radius 3 is 2.73 bits per heavy atom. The lowest BCUT2D eigenvalue weighted by Gasteiger charge is -2.11. The number of nitrogens with zero attached hydrogens (tertiary/aromatic N) is 3. The molecule has 11 heteroatoms. The lowest BCUT2D eigenvalue weighted by atomic mass is 10.3. The van der Waals surface area contributed by atoms with E-state index < -0.39 is 11.9 Å². The summed E-state index contributed by atoms with van der Waals surface area (Å²) in [7, 11) is 1.53. The number of aliphatic imine (C=N–C) groups is 1. The fourth-order valence-corrected chi connectivity index (χ4v) is 2.66. The third-order valence-corrected chi connectivity index (χ3v) is 3.89. The quantitative estimate of drug-likeness (QED) is 0.361. The number of methoxy groups -OCH3 is 1. The van der Waals surface area contributed by atoms with Crippen molar-refractivity contribution < 1.29 is 17.9 Å². The van der Waals surface area contributed by atoms with E-state index in [0.717, 1.165) is 22.3 Å². The molecule has 0 radical (unpaired) electrons. The van der Waals surface area contributed by atoms with Crippen molar-refractivity contribution in [3.63, 3.8) is 0 Å². The number of pyridine rings is 1. The smallest absolute Gasteiger partial charge is 0.434 e. The molecular formula is C15H19F3IN5OS. The summed E-state index contributed by atoms with van der Waals surface area (Å²) >= 11 is 0.951. The SMILES string of the molecule is CCNC(=NCc1cccnc1OC)NCc1nc(C(F)(F)F)cs1.I. The molecular weight excluding hydrogens is 482 g/mol. The average molecular weight is 501 g/mol. The van der Waals surface area contributed by atoms with Crippen LogP contribution in [0, 0.1) is 0 Å².